The van der Waals surface area contributed by atoms with Crippen molar-refractivity contribution in [1.29, 1.82) is 0 Å². The minimum atomic E-state index is -0.0866. The first kappa shape index (κ1) is 14.1. The molecule has 1 aromatic heterocycles. The molecule has 20 heavy (non-hydrogen) atoms. The number of hydrogen-bond donors (Lipinski definition) is 2. The molecule has 0 saturated heterocycles. The average molecular weight is 269 g/mol. The molecular weight excluding hydrogens is 250 g/mol. The van der Waals surface area contributed by atoms with Gasteiger partial charge in [0.2, 0.25) is 0 Å². The minimum absolute atomic E-state index is 0.0866. The van der Waals surface area contributed by atoms with Crippen LogP contribution in [0.4, 0.5) is 5.82 Å². The average Bonchev–Trinajstić information content (AvgIpc) is 2.49. The fraction of sp³-hybridized carbons (Fsp3) is 0.250. The van der Waals surface area contributed by atoms with Crippen molar-refractivity contribution >= 4 is 11.7 Å². The Hall–Kier alpha value is -2.36. The van der Waals surface area contributed by atoms with Crippen molar-refractivity contribution in [3.05, 3.63) is 59.8 Å². The molecule has 1 amide bonds. The van der Waals surface area contributed by atoms with Crippen LogP contribution in [0.25, 0.3) is 0 Å². The Morgan fingerprint density at radius 1 is 1.15 bits per heavy atom. The van der Waals surface area contributed by atoms with Crippen LogP contribution in [0.1, 0.15) is 22.8 Å². The number of rotatable bonds is 6. The molecule has 0 fully saturated rings. The van der Waals surface area contributed by atoms with Gasteiger partial charge in [-0.15, -0.1) is 0 Å². The molecule has 0 atom stereocenters. The van der Waals surface area contributed by atoms with Gasteiger partial charge in [-0.2, -0.15) is 0 Å². The first-order valence-electron chi connectivity index (χ1n) is 6.81. The Morgan fingerprint density at radius 2 is 1.95 bits per heavy atom. The van der Waals surface area contributed by atoms with E-state index in [0.29, 0.717) is 12.1 Å². The van der Waals surface area contributed by atoms with Crippen LogP contribution in [0.3, 0.4) is 0 Å². The Labute approximate surface area is 119 Å². The molecule has 4 heteroatoms. The summed E-state index contributed by atoms with van der Waals surface area (Å²) in [6.07, 6.45) is 2.42. The van der Waals surface area contributed by atoms with E-state index in [1.54, 1.807) is 12.3 Å². The van der Waals surface area contributed by atoms with Gasteiger partial charge in [0, 0.05) is 19.3 Å². The molecule has 2 aromatic rings. The van der Waals surface area contributed by atoms with Gasteiger partial charge in [-0.1, -0.05) is 30.3 Å². The summed E-state index contributed by atoms with van der Waals surface area (Å²) in [6.45, 7) is 3.44. The molecule has 2 rings (SSSR count). The van der Waals surface area contributed by atoms with Crippen LogP contribution in [0.5, 0.6) is 0 Å². The fourth-order valence-electron chi connectivity index (χ4n) is 1.88. The predicted molar refractivity (Wildman–Crippen MR) is 80.9 cm³/mol. The maximum Gasteiger partial charge on any atom is 0.252 e. The van der Waals surface area contributed by atoms with Crippen LogP contribution >= 0.6 is 0 Å². The second-order valence-corrected chi connectivity index (χ2v) is 4.45. The van der Waals surface area contributed by atoms with E-state index in [9.17, 15) is 4.79 Å². The molecule has 0 aliphatic carbocycles. The molecule has 0 saturated carbocycles. The van der Waals surface area contributed by atoms with Gasteiger partial charge >= 0.3 is 0 Å². The number of benzene rings is 1. The summed E-state index contributed by atoms with van der Waals surface area (Å²) in [6, 6.07) is 13.7. The highest BCUT2D eigenvalue weighted by Gasteiger charge is 2.05. The van der Waals surface area contributed by atoms with Gasteiger partial charge in [-0.05, 0) is 31.0 Å². The number of anilines is 1. The highest BCUT2D eigenvalue weighted by molar-refractivity contribution is 5.94. The van der Waals surface area contributed by atoms with Crippen molar-refractivity contribution in [3.8, 4) is 0 Å². The summed E-state index contributed by atoms with van der Waals surface area (Å²) in [5.41, 5.74) is 1.80. The normalized spacial score (nSPS) is 10.1. The van der Waals surface area contributed by atoms with Crippen LogP contribution in [0, 0.1) is 0 Å². The third kappa shape index (κ3) is 4.09. The number of amides is 1. The zero-order valence-electron chi connectivity index (χ0n) is 11.6. The number of nitrogens with zero attached hydrogens (tertiary/aromatic N) is 1. The van der Waals surface area contributed by atoms with Crippen molar-refractivity contribution in [1.82, 2.24) is 10.3 Å². The maximum absolute atomic E-state index is 11.9. The third-order valence-corrected chi connectivity index (χ3v) is 2.93. The molecule has 1 heterocycles. The predicted octanol–water partition coefficient (Wildman–Crippen LogP) is 2.49. The van der Waals surface area contributed by atoms with Gasteiger partial charge in [0.1, 0.15) is 5.82 Å². The number of carbonyl (C=O) groups is 1. The Morgan fingerprint density at radius 3 is 2.60 bits per heavy atom. The molecule has 0 aliphatic heterocycles. The topological polar surface area (TPSA) is 54.0 Å². The molecule has 0 unspecified atom stereocenters. The molecule has 0 aliphatic rings. The van der Waals surface area contributed by atoms with Crippen molar-refractivity contribution in [2.45, 2.75) is 13.3 Å². The van der Waals surface area contributed by atoms with Gasteiger partial charge in [-0.3, -0.25) is 4.79 Å². The van der Waals surface area contributed by atoms with Gasteiger partial charge in [0.25, 0.3) is 5.91 Å². The van der Waals surface area contributed by atoms with Gasteiger partial charge in [-0.25, -0.2) is 4.98 Å². The summed E-state index contributed by atoms with van der Waals surface area (Å²) in [4.78, 5) is 16.1. The molecule has 2 N–H and O–H groups in total. The molecular formula is C16H19N3O. The van der Waals surface area contributed by atoms with Crippen LogP contribution < -0.4 is 10.6 Å². The molecule has 0 spiro atoms. The Bertz CT molecular complexity index is 537. The summed E-state index contributed by atoms with van der Waals surface area (Å²) >= 11 is 0. The van der Waals surface area contributed by atoms with E-state index in [1.165, 1.54) is 5.56 Å². The van der Waals surface area contributed by atoms with Crippen LogP contribution in [-0.4, -0.2) is 24.0 Å². The fourth-order valence-corrected chi connectivity index (χ4v) is 1.88. The van der Waals surface area contributed by atoms with Crippen LogP contribution in [0.2, 0.25) is 0 Å². The maximum atomic E-state index is 11.9. The summed E-state index contributed by atoms with van der Waals surface area (Å²) in [5.74, 6) is 0.699. The first-order chi connectivity index (χ1) is 9.79. The summed E-state index contributed by atoms with van der Waals surface area (Å²) in [7, 11) is 0. The smallest absolute Gasteiger partial charge is 0.252 e. The standard InChI is InChI=1S/C16H19N3O/c1-2-17-15-9-8-14(12-19-15)16(20)18-11-10-13-6-4-3-5-7-13/h3-9,12H,2,10-11H2,1H3,(H,17,19)(H,18,20). The number of pyridine rings is 1. The van der Waals surface area contributed by atoms with E-state index >= 15 is 0 Å². The lowest BCUT2D eigenvalue weighted by atomic mass is 10.1. The number of aromatic nitrogens is 1. The molecule has 0 bridgehead atoms. The second-order valence-electron chi connectivity index (χ2n) is 4.45. The van der Waals surface area contributed by atoms with Crippen molar-refractivity contribution < 1.29 is 4.79 Å². The lowest BCUT2D eigenvalue weighted by Crippen LogP contribution is -2.25. The van der Waals surface area contributed by atoms with E-state index < -0.39 is 0 Å². The Kier molecular flexibility index (Phi) is 5.12. The molecule has 104 valence electrons. The second kappa shape index (κ2) is 7.28. The monoisotopic (exact) mass is 269 g/mol. The van der Waals surface area contributed by atoms with E-state index in [1.807, 2.05) is 31.2 Å². The van der Waals surface area contributed by atoms with Crippen molar-refractivity contribution in [3.63, 3.8) is 0 Å². The third-order valence-electron chi connectivity index (χ3n) is 2.93. The Balaban J connectivity index is 1.82. The summed E-state index contributed by atoms with van der Waals surface area (Å²) < 4.78 is 0. The lowest BCUT2D eigenvalue weighted by Gasteiger charge is -2.06. The highest BCUT2D eigenvalue weighted by Crippen LogP contribution is 2.05. The van der Waals surface area contributed by atoms with Crippen LogP contribution in [0.15, 0.2) is 48.7 Å². The molecule has 4 nitrogen and oxygen atoms in total. The van der Waals surface area contributed by atoms with Crippen molar-refractivity contribution in [2.24, 2.45) is 0 Å². The number of hydrogen-bond acceptors (Lipinski definition) is 3. The van der Waals surface area contributed by atoms with Gasteiger partial charge < -0.3 is 10.6 Å². The van der Waals surface area contributed by atoms with E-state index in [-0.39, 0.29) is 5.91 Å². The quantitative estimate of drug-likeness (QED) is 0.847. The zero-order valence-corrected chi connectivity index (χ0v) is 11.6. The van der Waals surface area contributed by atoms with Gasteiger partial charge in [0.15, 0.2) is 0 Å². The van der Waals surface area contributed by atoms with Crippen molar-refractivity contribution in [2.75, 3.05) is 18.4 Å². The van der Waals surface area contributed by atoms with E-state index in [4.69, 9.17) is 0 Å². The first-order valence-corrected chi connectivity index (χ1v) is 6.81. The molecule has 0 radical (unpaired) electrons. The number of nitrogens with one attached hydrogen (secondary N) is 2. The van der Waals surface area contributed by atoms with E-state index in [0.717, 1.165) is 18.8 Å². The van der Waals surface area contributed by atoms with Crippen LogP contribution in [-0.2, 0) is 6.42 Å². The number of carbonyl (C=O) groups excluding carboxylic acids is 1. The molecule has 1 aromatic carbocycles. The van der Waals surface area contributed by atoms with Gasteiger partial charge in [0.05, 0.1) is 5.56 Å². The highest BCUT2D eigenvalue weighted by atomic mass is 16.1. The largest absolute Gasteiger partial charge is 0.370 e. The zero-order chi connectivity index (χ0) is 14.2. The minimum Gasteiger partial charge on any atom is -0.370 e. The SMILES string of the molecule is CCNc1ccc(C(=O)NCCc2ccccc2)cn1. The van der Waals surface area contributed by atoms with E-state index in [2.05, 4.69) is 27.8 Å². The summed E-state index contributed by atoms with van der Waals surface area (Å²) in [5, 5.41) is 6.00. The lowest BCUT2D eigenvalue weighted by molar-refractivity contribution is 0.0954.